The highest BCUT2D eigenvalue weighted by Gasteiger charge is 2.26. The molecule has 1 N–H and O–H groups in total. The van der Waals surface area contributed by atoms with Gasteiger partial charge >= 0.3 is 12.0 Å². The summed E-state index contributed by atoms with van der Waals surface area (Å²) >= 11 is 0. The fourth-order valence-corrected chi connectivity index (χ4v) is 3.74. The van der Waals surface area contributed by atoms with Crippen molar-refractivity contribution in [2.75, 3.05) is 33.8 Å². The molecule has 0 saturated carbocycles. The summed E-state index contributed by atoms with van der Waals surface area (Å²) in [5.74, 6) is 0.265. The Hall–Kier alpha value is -3.43. The van der Waals surface area contributed by atoms with Gasteiger partial charge < -0.3 is 24.4 Å². The van der Waals surface area contributed by atoms with Crippen LogP contribution in [0.25, 0.3) is 11.5 Å². The van der Waals surface area contributed by atoms with E-state index >= 15 is 0 Å². The van der Waals surface area contributed by atoms with Gasteiger partial charge in [0.05, 0.1) is 7.11 Å². The molecule has 1 aromatic heterocycles. The van der Waals surface area contributed by atoms with Crippen molar-refractivity contribution in [3.05, 3.63) is 35.7 Å². The second-order valence-electron chi connectivity index (χ2n) is 8.81. The first-order chi connectivity index (χ1) is 16.3. The number of hydrogen-bond donors (Lipinski definition) is 1. The number of likely N-dealkylation sites (tertiary alicyclic amines) is 1. The van der Waals surface area contributed by atoms with Gasteiger partial charge in [0.2, 0.25) is 0 Å². The minimum atomic E-state index is -0.721. The van der Waals surface area contributed by atoms with Crippen molar-refractivity contribution in [2.24, 2.45) is 5.92 Å². The molecular formula is C24H33N5O5. The minimum Gasteiger partial charge on any atom is -0.467 e. The number of ether oxygens (including phenoxy) is 1. The Kier molecular flexibility index (Phi) is 8.61. The number of aromatic nitrogens is 2. The fraction of sp³-hybridized carbons (Fsp3) is 0.542. The van der Waals surface area contributed by atoms with Gasteiger partial charge in [-0.1, -0.05) is 19.0 Å². The largest absolute Gasteiger partial charge is 0.467 e. The lowest BCUT2D eigenvalue weighted by molar-refractivity contribution is -0.144. The third-order valence-corrected chi connectivity index (χ3v) is 5.91. The number of esters is 1. The van der Waals surface area contributed by atoms with Crippen LogP contribution in [0.2, 0.25) is 0 Å². The molecule has 2 heterocycles. The number of methoxy groups -OCH3 is 1. The third-order valence-electron chi connectivity index (χ3n) is 5.91. The monoisotopic (exact) mass is 471 g/mol. The van der Waals surface area contributed by atoms with Crippen LogP contribution in [-0.4, -0.2) is 77.7 Å². The Morgan fingerprint density at radius 2 is 1.82 bits per heavy atom. The molecule has 0 aliphatic carbocycles. The van der Waals surface area contributed by atoms with Crippen LogP contribution in [0.1, 0.15) is 49.3 Å². The van der Waals surface area contributed by atoms with Crippen molar-refractivity contribution in [2.45, 2.75) is 45.6 Å². The van der Waals surface area contributed by atoms with Crippen LogP contribution in [0, 0.1) is 5.92 Å². The van der Waals surface area contributed by atoms with Crippen molar-refractivity contribution in [3.8, 4) is 11.5 Å². The Morgan fingerprint density at radius 1 is 1.15 bits per heavy atom. The van der Waals surface area contributed by atoms with Gasteiger partial charge in [-0.05, 0) is 49.4 Å². The molecule has 0 radical (unpaired) electrons. The number of nitrogens with zero attached hydrogens (tertiary/aromatic N) is 4. The Balaban J connectivity index is 1.54. The summed E-state index contributed by atoms with van der Waals surface area (Å²) in [5, 5.41) is 6.68. The number of hydrogen-bond acceptors (Lipinski definition) is 7. The highest BCUT2D eigenvalue weighted by molar-refractivity contribution is 5.94. The van der Waals surface area contributed by atoms with Crippen LogP contribution in [0.3, 0.4) is 0 Å². The van der Waals surface area contributed by atoms with Crippen LogP contribution in [0.5, 0.6) is 0 Å². The van der Waals surface area contributed by atoms with Crippen LogP contribution >= 0.6 is 0 Å². The molecule has 1 atom stereocenters. The number of amides is 3. The van der Waals surface area contributed by atoms with Gasteiger partial charge in [-0.3, -0.25) is 4.79 Å². The number of carbonyl (C=O) groups excluding carboxylic acids is 3. The average Bonchev–Trinajstić information content (AvgIpc) is 3.34. The summed E-state index contributed by atoms with van der Waals surface area (Å²) < 4.78 is 10.1. The maximum atomic E-state index is 12.6. The van der Waals surface area contributed by atoms with Crippen molar-refractivity contribution in [1.82, 2.24) is 25.3 Å². The van der Waals surface area contributed by atoms with Gasteiger partial charge in [-0.25, -0.2) is 9.59 Å². The molecule has 3 amide bonds. The molecule has 0 bridgehead atoms. The Bertz CT molecular complexity index is 982. The molecule has 0 spiro atoms. The second kappa shape index (κ2) is 11.6. The summed E-state index contributed by atoms with van der Waals surface area (Å²) in [5.41, 5.74) is 1.36. The fourth-order valence-electron chi connectivity index (χ4n) is 3.74. The molecule has 1 aliphatic rings. The van der Waals surface area contributed by atoms with Crippen LogP contribution < -0.4 is 5.32 Å². The van der Waals surface area contributed by atoms with E-state index in [1.165, 1.54) is 18.4 Å². The van der Waals surface area contributed by atoms with Crippen LogP contribution in [0.4, 0.5) is 4.79 Å². The second-order valence-corrected chi connectivity index (χ2v) is 8.81. The van der Waals surface area contributed by atoms with Gasteiger partial charge in [-0.2, -0.15) is 4.98 Å². The van der Waals surface area contributed by atoms with E-state index in [1.807, 2.05) is 18.7 Å². The number of likely N-dealkylation sites (N-methyl/N-ethyl adjacent to an activating group) is 1. The predicted molar refractivity (Wildman–Crippen MR) is 125 cm³/mol. The molecular weight excluding hydrogens is 438 g/mol. The summed E-state index contributed by atoms with van der Waals surface area (Å²) in [6, 6.07) is 6.05. The van der Waals surface area contributed by atoms with Gasteiger partial charge in [0.25, 0.3) is 11.8 Å². The van der Waals surface area contributed by atoms with Crippen molar-refractivity contribution in [1.29, 1.82) is 0 Å². The molecule has 1 aromatic carbocycles. The molecule has 0 unspecified atom stereocenters. The number of nitrogens with one attached hydrogen (secondary N) is 1. The van der Waals surface area contributed by atoms with Crippen molar-refractivity contribution < 1.29 is 23.6 Å². The highest BCUT2D eigenvalue weighted by Crippen LogP contribution is 2.20. The van der Waals surface area contributed by atoms with E-state index in [0.29, 0.717) is 30.2 Å². The third kappa shape index (κ3) is 6.33. The average molecular weight is 472 g/mol. The number of carbonyl (C=O) groups is 3. The smallest absolute Gasteiger partial charge is 0.328 e. The zero-order valence-electron chi connectivity index (χ0n) is 20.2. The molecule has 10 heteroatoms. The lowest BCUT2D eigenvalue weighted by Gasteiger charge is -2.26. The SMILES string of the molecule is COC(=O)[C@@H](NC(=O)N(C)CCc1noc(-c2ccc(C(=O)N3CCCCC3)cc2)n1)C(C)C. The molecule has 3 rings (SSSR count). The maximum Gasteiger partial charge on any atom is 0.328 e. The number of benzene rings is 1. The number of rotatable bonds is 8. The van der Waals surface area contributed by atoms with E-state index < -0.39 is 12.0 Å². The zero-order valence-corrected chi connectivity index (χ0v) is 20.2. The van der Waals surface area contributed by atoms with E-state index in [1.54, 1.807) is 31.3 Å². The first kappa shape index (κ1) is 25.2. The van der Waals surface area contributed by atoms with E-state index in [-0.39, 0.29) is 17.9 Å². The molecule has 10 nitrogen and oxygen atoms in total. The van der Waals surface area contributed by atoms with Gasteiger partial charge in [0, 0.05) is 44.2 Å². The minimum absolute atomic E-state index is 0.0469. The van der Waals surface area contributed by atoms with E-state index in [0.717, 1.165) is 31.5 Å². The predicted octanol–water partition coefficient (Wildman–Crippen LogP) is 2.74. The van der Waals surface area contributed by atoms with Crippen LogP contribution in [-0.2, 0) is 16.0 Å². The Morgan fingerprint density at radius 3 is 2.44 bits per heavy atom. The molecule has 1 saturated heterocycles. The maximum absolute atomic E-state index is 12.6. The Labute approximate surface area is 199 Å². The molecule has 1 aliphatic heterocycles. The molecule has 2 aromatic rings. The zero-order chi connectivity index (χ0) is 24.7. The van der Waals surface area contributed by atoms with Crippen molar-refractivity contribution in [3.63, 3.8) is 0 Å². The van der Waals surface area contributed by atoms with E-state index in [4.69, 9.17) is 9.26 Å². The standard InChI is InChI=1S/C24H33N5O5/c1-16(2)20(23(31)33-4)26-24(32)28(3)15-12-19-25-21(34-27-19)17-8-10-18(11-9-17)22(30)29-13-6-5-7-14-29/h8-11,16,20H,5-7,12-15H2,1-4H3,(H,26,32)/t20-/m0/s1. The summed E-state index contributed by atoms with van der Waals surface area (Å²) in [7, 11) is 2.92. The number of urea groups is 1. The van der Waals surface area contributed by atoms with E-state index in [9.17, 15) is 14.4 Å². The highest BCUT2D eigenvalue weighted by atomic mass is 16.5. The summed E-state index contributed by atoms with van der Waals surface area (Å²) in [4.78, 5) is 44.7. The summed E-state index contributed by atoms with van der Waals surface area (Å²) in [6.45, 7) is 5.61. The lowest BCUT2D eigenvalue weighted by atomic mass is 10.1. The normalized spacial score (nSPS) is 14.6. The topological polar surface area (TPSA) is 118 Å². The molecule has 34 heavy (non-hydrogen) atoms. The van der Waals surface area contributed by atoms with Gasteiger partial charge in [-0.15, -0.1) is 0 Å². The quantitative estimate of drug-likeness (QED) is 0.588. The van der Waals surface area contributed by atoms with Crippen LogP contribution in [0.15, 0.2) is 28.8 Å². The molecule has 1 fully saturated rings. The first-order valence-corrected chi connectivity index (χ1v) is 11.6. The van der Waals surface area contributed by atoms with E-state index in [2.05, 4.69) is 15.5 Å². The van der Waals surface area contributed by atoms with Crippen molar-refractivity contribution >= 4 is 17.9 Å². The summed E-state index contributed by atoms with van der Waals surface area (Å²) in [6.07, 6.45) is 3.65. The van der Waals surface area contributed by atoms with Gasteiger partial charge in [0.15, 0.2) is 5.82 Å². The molecule has 184 valence electrons. The number of piperidine rings is 1. The lowest BCUT2D eigenvalue weighted by Crippen LogP contribution is -2.49. The van der Waals surface area contributed by atoms with Gasteiger partial charge in [0.1, 0.15) is 6.04 Å². The first-order valence-electron chi connectivity index (χ1n) is 11.6.